The van der Waals surface area contributed by atoms with Crippen LogP contribution in [0.2, 0.25) is 0 Å². The summed E-state index contributed by atoms with van der Waals surface area (Å²) in [4.78, 5) is 39.8. The smallest absolute Gasteiger partial charge is 0.262 e. The highest BCUT2D eigenvalue weighted by atomic mass is 16.5. The third-order valence-corrected chi connectivity index (χ3v) is 5.43. The van der Waals surface area contributed by atoms with Crippen molar-refractivity contribution in [1.82, 2.24) is 20.0 Å². The largest absolute Gasteiger partial charge is 0.497 e. The molecule has 8 heteroatoms. The summed E-state index contributed by atoms with van der Waals surface area (Å²) >= 11 is 0. The van der Waals surface area contributed by atoms with Crippen LogP contribution in [0.3, 0.4) is 0 Å². The van der Waals surface area contributed by atoms with Gasteiger partial charge in [0.25, 0.3) is 11.8 Å². The monoisotopic (exact) mass is 432 g/mol. The van der Waals surface area contributed by atoms with Gasteiger partial charge in [0.2, 0.25) is 5.91 Å². The summed E-state index contributed by atoms with van der Waals surface area (Å²) in [5.41, 5.74) is 2.16. The summed E-state index contributed by atoms with van der Waals surface area (Å²) in [5, 5.41) is 7.31. The Balaban J connectivity index is 1.46. The molecule has 32 heavy (non-hydrogen) atoms. The lowest BCUT2D eigenvalue weighted by Crippen LogP contribution is -2.52. The van der Waals surface area contributed by atoms with Crippen LogP contribution in [-0.2, 0) is 11.3 Å². The number of fused-ring (bicyclic) bond motifs is 1. The molecule has 2 heterocycles. The number of benzene rings is 2. The number of methoxy groups -OCH3 is 1. The van der Waals surface area contributed by atoms with Gasteiger partial charge in [0.1, 0.15) is 11.8 Å². The average Bonchev–Trinajstić information content (AvgIpc) is 3.37. The third-order valence-electron chi connectivity index (χ3n) is 5.43. The molecule has 8 nitrogen and oxygen atoms in total. The molecule has 4 rings (SSSR count). The fourth-order valence-electron chi connectivity index (χ4n) is 3.80. The van der Waals surface area contributed by atoms with Gasteiger partial charge in [-0.3, -0.25) is 19.3 Å². The van der Waals surface area contributed by atoms with E-state index in [9.17, 15) is 14.4 Å². The first-order chi connectivity index (χ1) is 15.4. The molecule has 3 amide bonds. The van der Waals surface area contributed by atoms with E-state index < -0.39 is 23.8 Å². The van der Waals surface area contributed by atoms with Gasteiger partial charge in [-0.05, 0) is 48.4 Å². The number of aromatic nitrogens is 2. The highest BCUT2D eigenvalue weighted by molar-refractivity contribution is 6.22. The summed E-state index contributed by atoms with van der Waals surface area (Å²) in [6, 6.07) is 15.0. The summed E-state index contributed by atoms with van der Waals surface area (Å²) in [6.07, 6.45) is 1.80. The summed E-state index contributed by atoms with van der Waals surface area (Å²) < 4.78 is 6.87. The van der Waals surface area contributed by atoms with Crippen LogP contribution in [0.5, 0.6) is 5.75 Å². The van der Waals surface area contributed by atoms with Crippen LogP contribution in [0.1, 0.15) is 40.3 Å². The van der Waals surface area contributed by atoms with E-state index in [1.165, 1.54) is 0 Å². The number of carbonyl (C=O) groups is 3. The molecule has 0 saturated carbocycles. The average molecular weight is 432 g/mol. The number of amides is 3. The number of imide groups is 1. The first kappa shape index (κ1) is 21.3. The van der Waals surface area contributed by atoms with Crippen molar-refractivity contribution in [3.63, 3.8) is 0 Å². The van der Waals surface area contributed by atoms with Gasteiger partial charge in [0.05, 0.1) is 36.2 Å². The van der Waals surface area contributed by atoms with Crippen molar-refractivity contribution in [3.05, 3.63) is 77.6 Å². The Morgan fingerprint density at radius 1 is 1.00 bits per heavy atom. The van der Waals surface area contributed by atoms with Gasteiger partial charge in [-0.25, -0.2) is 4.68 Å². The molecule has 164 valence electrons. The Morgan fingerprint density at radius 3 is 2.19 bits per heavy atom. The minimum atomic E-state index is -0.911. The van der Waals surface area contributed by atoms with E-state index in [2.05, 4.69) is 10.4 Å². The molecule has 1 unspecified atom stereocenters. The predicted octanol–water partition coefficient (Wildman–Crippen LogP) is 2.82. The van der Waals surface area contributed by atoms with Crippen molar-refractivity contribution < 1.29 is 19.1 Å². The molecule has 0 fully saturated rings. The zero-order chi connectivity index (χ0) is 22.8. The van der Waals surface area contributed by atoms with E-state index in [0.717, 1.165) is 16.3 Å². The van der Waals surface area contributed by atoms with Crippen molar-refractivity contribution in [2.75, 3.05) is 7.11 Å². The van der Waals surface area contributed by atoms with Crippen LogP contribution < -0.4 is 10.1 Å². The first-order valence-electron chi connectivity index (χ1n) is 10.3. The molecule has 1 aliphatic heterocycles. The molecule has 0 saturated heterocycles. The number of ether oxygens (including phenoxy) is 1. The van der Waals surface area contributed by atoms with Crippen LogP contribution in [0, 0.1) is 5.92 Å². The number of nitrogens with one attached hydrogen (secondary N) is 1. The topological polar surface area (TPSA) is 93.5 Å². The summed E-state index contributed by atoms with van der Waals surface area (Å²) in [6.45, 7) is 3.80. The van der Waals surface area contributed by atoms with E-state index in [4.69, 9.17) is 4.74 Å². The second-order valence-corrected chi connectivity index (χ2v) is 7.88. The maximum absolute atomic E-state index is 13.0. The molecule has 3 aromatic rings. The van der Waals surface area contributed by atoms with Crippen LogP contribution in [-0.4, -0.2) is 45.6 Å². The fourth-order valence-corrected chi connectivity index (χ4v) is 3.80. The van der Waals surface area contributed by atoms with Crippen LogP contribution in [0.25, 0.3) is 5.69 Å². The Kier molecular flexibility index (Phi) is 5.77. The van der Waals surface area contributed by atoms with Gasteiger partial charge in [-0.2, -0.15) is 5.10 Å². The number of carbonyl (C=O) groups excluding carboxylic acids is 3. The molecule has 1 atom stereocenters. The second-order valence-electron chi connectivity index (χ2n) is 7.88. The van der Waals surface area contributed by atoms with Gasteiger partial charge in [0, 0.05) is 6.20 Å². The number of nitrogens with zero attached hydrogens (tertiary/aromatic N) is 3. The van der Waals surface area contributed by atoms with Gasteiger partial charge in [-0.15, -0.1) is 0 Å². The minimum Gasteiger partial charge on any atom is -0.497 e. The fraction of sp³-hybridized carbons (Fsp3) is 0.250. The van der Waals surface area contributed by atoms with E-state index in [-0.39, 0.29) is 12.5 Å². The molecule has 2 aromatic carbocycles. The minimum absolute atomic E-state index is 0.175. The van der Waals surface area contributed by atoms with E-state index >= 15 is 0 Å². The molecule has 1 aliphatic rings. The van der Waals surface area contributed by atoms with Gasteiger partial charge < -0.3 is 10.1 Å². The van der Waals surface area contributed by atoms with Crippen molar-refractivity contribution >= 4 is 17.7 Å². The molecule has 1 aromatic heterocycles. The molecule has 0 radical (unpaired) electrons. The zero-order valence-corrected chi connectivity index (χ0v) is 18.1. The normalized spacial score (nSPS) is 13.9. The first-order valence-corrected chi connectivity index (χ1v) is 10.3. The van der Waals surface area contributed by atoms with Gasteiger partial charge in [-0.1, -0.05) is 26.0 Å². The Morgan fingerprint density at radius 2 is 1.62 bits per heavy atom. The molecule has 1 N–H and O–H groups in total. The lowest BCUT2D eigenvalue weighted by molar-refractivity contribution is -0.126. The van der Waals surface area contributed by atoms with Crippen molar-refractivity contribution in [2.24, 2.45) is 5.92 Å². The Hall–Kier alpha value is -3.94. The zero-order valence-electron chi connectivity index (χ0n) is 18.1. The predicted molar refractivity (Wildman–Crippen MR) is 118 cm³/mol. The number of rotatable bonds is 7. The number of hydrogen-bond acceptors (Lipinski definition) is 5. The third kappa shape index (κ3) is 3.87. The lowest BCUT2D eigenvalue weighted by atomic mass is 10.0. The number of hydrogen-bond donors (Lipinski definition) is 1. The van der Waals surface area contributed by atoms with Gasteiger partial charge >= 0.3 is 0 Å². The van der Waals surface area contributed by atoms with Crippen molar-refractivity contribution in [2.45, 2.75) is 26.4 Å². The standard InChI is InChI=1S/C24H24N4O4/c1-15(2)21(28-23(30)19-6-4-5-7-20(19)24(28)31)22(29)25-14-16-12-13-27(26-16)17-8-10-18(32-3)11-9-17/h4-13,15,21H,14H2,1-3H3,(H,25,29). The van der Waals surface area contributed by atoms with Crippen LogP contribution in [0.4, 0.5) is 0 Å². The van der Waals surface area contributed by atoms with Crippen LogP contribution >= 0.6 is 0 Å². The Bertz CT molecular complexity index is 1130. The molecule has 0 bridgehead atoms. The van der Waals surface area contributed by atoms with Crippen molar-refractivity contribution in [3.8, 4) is 11.4 Å². The van der Waals surface area contributed by atoms with Crippen molar-refractivity contribution in [1.29, 1.82) is 0 Å². The highest BCUT2D eigenvalue weighted by Crippen LogP contribution is 2.27. The van der Waals surface area contributed by atoms with Crippen LogP contribution in [0.15, 0.2) is 60.8 Å². The maximum atomic E-state index is 13.0. The molecule has 0 spiro atoms. The van der Waals surface area contributed by atoms with Gasteiger partial charge in [0.15, 0.2) is 0 Å². The Labute approximate surface area is 185 Å². The molecular formula is C24H24N4O4. The molecule has 0 aliphatic carbocycles. The van der Waals surface area contributed by atoms with E-state index in [1.807, 2.05) is 38.1 Å². The lowest BCUT2D eigenvalue weighted by Gasteiger charge is -2.28. The van der Waals surface area contributed by atoms with E-state index in [0.29, 0.717) is 16.8 Å². The second kappa shape index (κ2) is 8.66. The quantitative estimate of drug-likeness (QED) is 0.580. The molecular weight excluding hydrogens is 408 g/mol. The van der Waals surface area contributed by atoms with E-state index in [1.54, 1.807) is 48.3 Å². The summed E-state index contributed by atoms with van der Waals surface area (Å²) in [7, 11) is 1.61. The maximum Gasteiger partial charge on any atom is 0.262 e. The highest BCUT2D eigenvalue weighted by Gasteiger charge is 2.43. The SMILES string of the molecule is COc1ccc(-n2ccc(CNC(=O)C(C(C)C)N3C(=O)c4ccccc4C3=O)n2)cc1. The summed E-state index contributed by atoms with van der Waals surface area (Å²) in [5.74, 6) is -0.782.